The number of nitrogens with zero attached hydrogens (tertiary/aromatic N) is 3. The largest absolute Gasteiger partial charge is 0.398 e. The summed E-state index contributed by atoms with van der Waals surface area (Å²) in [5, 5.41) is 6.45. The molecule has 0 fully saturated rings. The van der Waals surface area contributed by atoms with E-state index in [9.17, 15) is 4.79 Å². The molecule has 0 saturated carbocycles. The van der Waals surface area contributed by atoms with E-state index >= 15 is 0 Å². The maximum atomic E-state index is 12.2. The van der Waals surface area contributed by atoms with Gasteiger partial charge >= 0.3 is 0 Å². The van der Waals surface area contributed by atoms with Crippen molar-refractivity contribution in [1.82, 2.24) is 20.1 Å². The summed E-state index contributed by atoms with van der Waals surface area (Å²) in [5.74, 6) is 0.500. The predicted molar refractivity (Wildman–Crippen MR) is 67.8 cm³/mol. The van der Waals surface area contributed by atoms with Gasteiger partial charge in [-0.15, -0.1) is 0 Å². The number of nitrogens with one attached hydrogen (secondary N) is 1. The number of carbonyl (C=O) groups is 1. The van der Waals surface area contributed by atoms with E-state index in [4.69, 9.17) is 5.73 Å². The normalized spacial score (nSPS) is 10.3. The molecular weight excluding hydrogens is 230 g/mol. The van der Waals surface area contributed by atoms with Crippen LogP contribution in [0.15, 0.2) is 24.5 Å². The van der Waals surface area contributed by atoms with Crippen molar-refractivity contribution in [3.8, 4) is 0 Å². The first-order valence-electron chi connectivity index (χ1n) is 5.54. The van der Waals surface area contributed by atoms with Crippen molar-refractivity contribution in [3.63, 3.8) is 0 Å². The van der Waals surface area contributed by atoms with Gasteiger partial charge in [-0.25, -0.2) is 4.98 Å². The van der Waals surface area contributed by atoms with Crippen LogP contribution in [0.3, 0.4) is 0 Å². The summed E-state index contributed by atoms with van der Waals surface area (Å²) < 4.78 is 0. The van der Waals surface area contributed by atoms with Crippen LogP contribution in [0, 0.1) is 6.92 Å². The molecule has 0 aliphatic rings. The maximum absolute atomic E-state index is 12.2. The number of rotatable bonds is 3. The molecule has 0 unspecified atom stereocenters. The molecule has 0 radical (unpaired) electrons. The number of hydrogen-bond acceptors (Lipinski definition) is 4. The third-order valence-corrected chi connectivity index (χ3v) is 2.64. The molecule has 1 aromatic heterocycles. The lowest BCUT2D eigenvalue weighted by molar-refractivity contribution is 0.0782. The summed E-state index contributed by atoms with van der Waals surface area (Å²) >= 11 is 0. The van der Waals surface area contributed by atoms with Gasteiger partial charge in [0.15, 0.2) is 0 Å². The Kier molecular flexibility index (Phi) is 3.27. The Bertz CT molecular complexity index is 550. The standard InChI is InChI=1S/C12H15N5O/c1-8-3-4-9(10(13)5-8)12(18)17(2)6-11-14-7-15-16-11/h3-5,7H,6,13H2,1-2H3,(H,14,15,16). The van der Waals surface area contributed by atoms with Gasteiger partial charge in [0.05, 0.1) is 12.1 Å². The van der Waals surface area contributed by atoms with E-state index in [1.165, 1.54) is 6.33 Å². The van der Waals surface area contributed by atoms with Gasteiger partial charge in [0.1, 0.15) is 12.2 Å². The summed E-state index contributed by atoms with van der Waals surface area (Å²) in [4.78, 5) is 17.7. The van der Waals surface area contributed by atoms with Crippen LogP contribution in [0.5, 0.6) is 0 Å². The number of benzene rings is 1. The van der Waals surface area contributed by atoms with Gasteiger partial charge in [-0.3, -0.25) is 9.89 Å². The monoisotopic (exact) mass is 245 g/mol. The van der Waals surface area contributed by atoms with Gasteiger partial charge in [0, 0.05) is 12.7 Å². The topological polar surface area (TPSA) is 87.9 Å². The molecule has 2 rings (SSSR count). The zero-order valence-corrected chi connectivity index (χ0v) is 10.3. The highest BCUT2D eigenvalue weighted by Gasteiger charge is 2.15. The molecule has 0 bridgehead atoms. The fraction of sp³-hybridized carbons (Fsp3) is 0.250. The minimum absolute atomic E-state index is 0.135. The first kappa shape index (κ1) is 12.1. The average Bonchev–Trinajstić information content (AvgIpc) is 2.81. The Morgan fingerprint density at radius 1 is 1.50 bits per heavy atom. The third-order valence-electron chi connectivity index (χ3n) is 2.64. The minimum Gasteiger partial charge on any atom is -0.398 e. The summed E-state index contributed by atoms with van der Waals surface area (Å²) in [6.07, 6.45) is 1.41. The van der Waals surface area contributed by atoms with E-state index in [0.717, 1.165) is 5.56 Å². The second-order valence-electron chi connectivity index (χ2n) is 4.18. The quantitative estimate of drug-likeness (QED) is 0.788. The number of H-pyrrole nitrogens is 1. The van der Waals surface area contributed by atoms with E-state index in [1.54, 1.807) is 24.1 Å². The van der Waals surface area contributed by atoms with E-state index in [-0.39, 0.29) is 5.91 Å². The molecule has 3 N–H and O–H groups in total. The molecule has 0 aliphatic carbocycles. The SMILES string of the molecule is Cc1ccc(C(=O)N(C)Cc2ncn[nH]2)c(N)c1. The Balaban J connectivity index is 2.15. The van der Waals surface area contributed by atoms with Crippen molar-refractivity contribution < 1.29 is 4.79 Å². The van der Waals surface area contributed by atoms with Gasteiger partial charge in [-0.1, -0.05) is 6.07 Å². The molecule has 1 amide bonds. The smallest absolute Gasteiger partial charge is 0.256 e. The maximum Gasteiger partial charge on any atom is 0.256 e. The lowest BCUT2D eigenvalue weighted by Gasteiger charge is -2.16. The summed E-state index contributed by atoms with van der Waals surface area (Å²) in [6, 6.07) is 5.39. The van der Waals surface area contributed by atoms with Gasteiger partial charge < -0.3 is 10.6 Å². The summed E-state index contributed by atoms with van der Waals surface area (Å²) in [5.41, 5.74) is 7.87. The molecule has 18 heavy (non-hydrogen) atoms. The Hall–Kier alpha value is -2.37. The van der Waals surface area contributed by atoms with Crippen molar-refractivity contribution >= 4 is 11.6 Å². The van der Waals surface area contributed by atoms with Crippen molar-refractivity contribution in [1.29, 1.82) is 0 Å². The van der Waals surface area contributed by atoms with Crippen LogP contribution in [0.4, 0.5) is 5.69 Å². The summed E-state index contributed by atoms with van der Waals surface area (Å²) in [6.45, 7) is 2.30. The molecule has 94 valence electrons. The number of aromatic amines is 1. The van der Waals surface area contributed by atoms with Gasteiger partial charge in [-0.05, 0) is 24.6 Å². The van der Waals surface area contributed by atoms with Crippen molar-refractivity contribution in [2.24, 2.45) is 0 Å². The lowest BCUT2D eigenvalue weighted by Crippen LogP contribution is -2.27. The molecule has 0 atom stereocenters. The zero-order valence-electron chi connectivity index (χ0n) is 10.3. The van der Waals surface area contributed by atoms with Crippen LogP contribution < -0.4 is 5.73 Å². The van der Waals surface area contributed by atoms with Crippen LogP contribution in [0.1, 0.15) is 21.7 Å². The first-order chi connectivity index (χ1) is 8.58. The number of amides is 1. The Morgan fingerprint density at radius 2 is 2.28 bits per heavy atom. The highest BCUT2D eigenvalue weighted by molar-refractivity contribution is 5.99. The second kappa shape index (κ2) is 4.87. The molecule has 1 aromatic carbocycles. The minimum atomic E-state index is -0.135. The number of anilines is 1. The molecule has 2 aromatic rings. The zero-order chi connectivity index (χ0) is 13.1. The second-order valence-corrected chi connectivity index (χ2v) is 4.18. The predicted octanol–water partition coefficient (Wildman–Crippen LogP) is 0.968. The van der Waals surface area contributed by atoms with Crippen molar-refractivity contribution in [2.75, 3.05) is 12.8 Å². The third kappa shape index (κ3) is 2.48. The van der Waals surface area contributed by atoms with Crippen LogP contribution in [-0.4, -0.2) is 33.0 Å². The van der Waals surface area contributed by atoms with Crippen LogP contribution in [-0.2, 0) is 6.54 Å². The Morgan fingerprint density at radius 3 is 2.89 bits per heavy atom. The number of nitrogen functional groups attached to an aromatic ring is 1. The van der Waals surface area contributed by atoms with Crippen molar-refractivity contribution in [2.45, 2.75) is 13.5 Å². The van der Waals surface area contributed by atoms with Crippen LogP contribution >= 0.6 is 0 Å². The van der Waals surface area contributed by atoms with Gasteiger partial charge in [0.25, 0.3) is 5.91 Å². The number of aromatic nitrogens is 3. The van der Waals surface area contributed by atoms with E-state index in [2.05, 4.69) is 15.2 Å². The highest BCUT2D eigenvalue weighted by atomic mass is 16.2. The molecule has 0 aliphatic heterocycles. The molecule has 1 heterocycles. The number of hydrogen-bond donors (Lipinski definition) is 2. The van der Waals surface area contributed by atoms with Gasteiger partial charge in [-0.2, -0.15) is 5.10 Å². The molecular formula is C12H15N5O. The molecule has 6 heteroatoms. The fourth-order valence-corrected chi connectivity index (χ4v) is 1.69. The average molecular weight is 245 g/mol. The molecule has 0 saturated heterocycles. The molecule has 6 nitrogen and oxygen atoms in total. The highest BCUT2D eigenvalue weighted by Crippen LogP contribution is 2.16. The van der Waals surface area contributed by atoms with E-state index in [1.807, 2.05) is 13.0 Å². The van der Waals surface area contributed by atoms with Crippen LogP contribution in [0.25, 0.3) is 0 Å². The Labute approximate surface area is 105 Å². The number of nitrogens with two attached hydrogens (primary N) is 1. The first-order valence-corrected chi connectivity index (χ1v) is 5.54. The number of aryl methyl sites for hydroxylation is 1. The lowest BCUT2D eigenvalue weighted by atomic mass is 10.1. The van der Waals surface area contributed by atoms with Crippen molar-refractivity contribution in [3.05, 3.63) is 41.5 Å². The van der Waals surface area contributed by atoms with Gasteiger partial charge in [0.2, 0.25) is 0 Å². The van der Waals surface area contributed by atoms with E-state index in [0.29, 0.717) is 23.6 Å². The van der Waals surface area contributed by atoms with Crippen LogP contribution in [0.2, 0.25) is 0 Å². The number of carbonyl (C=O) groups excluding carboxylic acids is 1. The van der Waals surface area contributed by atoms with E-state index < -0.39 is 0 Å². The summed E-state index contributed by atoms with van der Waals surface area (Å²) in [7, 11) is 1.70. The fourth-order valence-electron chi connectivity index (χ4n) is 1.69. The molecule has 0 spiro atoms.